The Hall–Kier alpha value is -2.58. The Balaban J connectivity index is 2.00. The molecule has 1 aromatic carbocycles. The molecule has 1 aromatic heterocycles. The average molecular weight is 431 g/mol. The van der Waals surface area contributed by atoms with Gasteiger partial charge in [-0.25, -0.2) is 4.99 Å². The number of likely N-dealkylation sites (N-methyl/N-ethyl adjacent to an activating group) is 1. The van der Waals surface area contributed by atoms with E-state index in [0.29, 0.717) is 25.7 Å². The number of guanidine groups is 1. The zero-order valence-electron chi connectivity index (χ0n) is 19.6. The summed E-state index contributed by atoms with van der Waals surface area (Å²) in [4.78, 5) is 7.03. The first-order chi connectivity index (χ1) is 14.9. The lowest BCUT2D eigenvalue weighted by atomic mass is 10.00. The van der Waals surface area contributed by atoms with Crippen molar-refractivity contribution in [3.63, 3.8) is 0 Å². The number of rotatable bonds is 12. The molecular formula is C23H38N6O2. The van der Waals surface area contributed by atoms with Gasteiger partial charge < -0.3 is 25.4 Å². The Morgan fingerprint density at radius 2 is 1.97 bits per heavy atom. The number of aliphatic hydroxyl groups is 1. The molecule has 0 saturated heterocycles. The highest BCUT2D eigenvalue weighted by atomic mass is 16.5. The summed E-state index contributed by atoms with van der Waals surface area (Å²) in [6.45, 7) is 13.2. The lowest BCUT2D eigenvalue weighted by Gasteiger charge is -2.23. The lowest BCUT2D eigenvalue weighted by molar-refractivity contribution is 0.0616. The minimum absolute atomic E-state index is 0.312. The third-order valence-electron chi connectivity index (χ3n) is 5.21. The van der Waals surface area contributed by atoms with E-state index >= 15 is 0 Å². The minimum atomic E-state index is -1.06. The molecular weight excluding hydrogens is 392 g/mol. The zero-order chi connectivity index (χ0) is 22.7. The third-order valence-corrected chi connectivity index (χ3v) is 5.21. The van der Waals surface area contributed by atoms with Crippen LogP contribution in [0, 0.1) is 0 Å². The Bertz CT molecular complexity index is 814. The van der Waals surface area contributed by atoms with Crippen LogP contribution in [0.5, 0.6) is 5.75 Å². The summed E-state index contributed by atoms with van der Waals surface area (Å²) < 4.78 is 7.72. The standard InChI is InChI=1S/C23H38N6O2/c1-6-24-22(26-18-23(4,30)20-16-27-28(5)17-20)25-15-19-11-9-10-12-21(19)31-14-13-29(7-2)8-3/h9-12,16-17,30H,6-8,13-15,18H2,1-5H3,(H2,24,25,26). The smallest absolute Gasteiger partial charge is 0.191 e. The maximum Gasteiger partial charge on any atom is 0.191 e. The molecule has 2 rings (SSSR count). The number of nitrogens with zero attached hydrogens (tertiary/aromatic N) is 4. The van der Waals surface area contributed by atoms with E-state index in [1.807, 2.05) is 44.4 Å². The Kier molecular flexibility index (Phi) is 9.81. The van der Waals surface area contributed by atoms with E-state index in [1.165, 1.54) is 0 Å². The average Bonchev–Trinajstić information content (AvgIpc) is 3.21. The number of benzene rings is 1. The van der Waals surface area contributed by atoms with Gasteiger partial charge in [0.15, 0.2) is 5.96 Å². The van der Waals surface area contributed by atoms with Crippen LogP contribution in [0.2, 0.25) is 0 Å². The van der Waals surface area contributed by atoms with E-state index < -0.39 is 5.60 Å². The predicted octanol–water partition coefficient (Wildman–Crippen LogP) is 2.10. The fraction of sp³-hybridized carbons (Fsp3) is 0.565. The topological polar surface area (TPSA) is 86.9 Å². The van der Waals surface area contributed by atoms with Crippen LogP contribution in [-0.2, 0) is 19.2 Å². The molecule has 0 fully saturated rings. The third kappa shape index (κ3) is 7.88. The van der Waals surface area contributed by atoms with Gasteiger partial charge in [0.2, 0.25) is 0 Å². The Labute approximate surface area is 186 Å². The summed E-state index contributed by atoms with van der Waals surface area (Å²) >= 11 is 0. The number of hydrogen-bond donors (Lipinski definition) is 3. The van der Waals surface area contributed by atoms with Crippen LogP contribution in [0.4, 0.5) is 0 Å². The highest BCUT2D eigenvalue weighted by Crippen LogP contribution is 2.20. The number of ether oxygens (including phenoxy) is 1. The molecule has 0 bridgehead atoms. The molecule has 1 atom stereocenters. The number of para-hydroxylation sites is 1. The first kappa shape index (κ1) is 24.7. The second-order valence-corrected chi connectivity index (χ2v) is 7.71. The molecule has 0 amide bonds. The number of aliphatic imine (C=N–C) groups is 1. The number of hydrogen-bond acceptors (Lipinski definition) is 5. The molecule has 2 aromatic rings. The van der Waals surface area contributed by atoms with Crippen LogP contribution >= 0.6 is 0 Å². The monoisotopic (exact) mass is 430 g/mol. The molecule has 0 aliphatic carbocycles. The van der Waals surface area contributed by atoms with Gasteiger partial charge in [0.25, 0.3) is 0 Å². The number of nitrogens with one attached hydrogen (secondary N) is 2. The minimum Gasteiger partial charge on any atom is -0.492 e. The normalized spacial score (nSPS) is 13.8. The number of aromatic nitrogens is 2. The maximum absolute atomic E-state index is 10.8. The molecule has 1 heterocycles. The summed E-state index contributed by atoms with van der Waals surface area (Å²) in [5.41, 5.74) is 0.721. The van der Waals surface area contributed by atoms with Crippen LogP contribution in [-0.4, -0.2) is 65.1 Å². The van der Waals surface area contributed by atoms with E-state index in [4.69, 9.17) is 9.73 Å². The molecule has 0 spiro atoms. The van der Waals surface area contributed by atoms with Crippen LogP contribution in [0.15, 0.2) is 41.7 Å². The second-order valence-electron chi connectivity index (χ2n) is 7.71. The van der Waals surface area contributed by atoms with Gasteiger partial charge in [0.1, 0.15) is 18.0 Å². The lowest BCUT2D eigenvalue weighted by Crippen LogP contribution is -2.44. The molecule has 0 radical (unpaired) electrons. The van der Waals surface area contributed by atoms with Gasteiger partial charge in [-0.05, 0) is 33.0 Å². The molecule has 0 saturated carbocycles. The van der Waals surface area contributed by atoms with Crippen LogP contribution in [0.1, 0.15) is 38.8 Å². The summed E-state index contributed by atoms with van der Waals surface area (Å²) in [6.07, 6.45) is 3.50. The predicted molar refractivity (Wildman–Crippen MR) is 125 cm³/mol. The first-order valence-corrected chi connectivity index (χ1v) is 11.1. The largest absolute Gasteiger partial charge is 0.492 e. The Morgan fingerprint density at radius 3 is 2.61 bits per heavy atom. The fourth-order valence-corrected chi connectivity index (χ4v) is 3.16. The molecule has 3 N–H and O–H groups in total. The van der Waals surface area contributed by atoms with E-state index in [2.05, 4.69) is 34.5 Å². The SMILES string of the molecule is CCNC(=NCc1ccccc1OCCN(CC)CC)NCC(C)(O)c1cnn(C)c1. The maximum atomic E-state index is 10.8. The van der Waals surface area contributed by atoms with Crippen molar-refractivity contribution in [2.75, 3.05) is 39.3 Å². The van der Waals surface area contributed by atoms with Crippen LogP contribution in [0.25, 0.3) is 0 Å². The van der Waals surface area contributed by atoms with Crippen molar-refractivity contribution in [1.82, 2.24) is 25.3 Å². The quantitative estimate of drug-likeness (QED) is 0.353. The first-order valence-electron chi connectivity index (χ1n) is 11.1. The van der Waals surface area contributed by atoms with E-state index in [1.54, 1.807) is 17.8 Å². The summed E-state index contributed by atoms with van der Waals surface area (Å²) in [5, 5.41) is 21.4. The van der Waals surface area contributed by atoms with Gasteiger partial charge in [-0.15, -0.1) is 0 Å². The van der Waals surface area contributed by atoms with E-state index in [9.17, 15) is 5.11 Å². The van der Waals surface area contributed by atoms with Crippen molar-refractivity contribution in [3.8, 4) is 5.75 Å². The van der Waals surface area contributed by atoms with Crippen molar-refractivity contribution in [2.24, 2.45) is 12.0 Å². The van der Waals surface area contributed by atoms with Crippen LogP contribution in [0.3, 0.4) is 0 Å². The molecule has 8 heteroatoms. The van der Waals surface area contributed by atoms with E-state index in [-0.39, 0.29) is 0 Å². The van der Waals surface area contributed by atoms with E-state index in [0.717, 1.165) is 43.1 Å². The van der Waals surface area contributed by atoms with Crippen molar-refractivity contribution < 1.29 is 9.84 Å². The van der Waals surface area contributed by atoms with Gasteiger partial charge in [0.05, 0.1) is 19.3 Å². The zero-order valence-corrected chi connectivity index (χ0v) is 19.6. The fourth-order valence-electron chi connectivity index (χ4n) is 3.16. The molecule has 172 valence electrons. The van der Waals surface area contributed by atoms with Crippen molar-refractivity contribution in [1.29, 1.82) is 0 Å². The molecule has 31 heavy (non-hydrogen) atoms. The molecule has 0 aliphatic heterocycles. The van der Waals surface area contributed by atoms with Crippen molar-refractivity contribution >= 4 is 5.96 Å². The van der Waals surface area contributed by atoms with Crippen molar-refractivity contribution in [3.05, 3.63) is 47.8 Å². The highest BCUT2D eigenvalue weighted by molar-refractivity contribution is 5.79. The number of aryl methyl sites for hydroxylation is 1. The summed E-state index contributed by atoms with van der Waals surface area (Å²) in [7, 11) is 1.83. The molecule has 0 aliphatic rings. The second kappa shape index (κ2) is 12.3. The van der Waals surface area contributed by atoms with Crippen LogP contribution < -0.4 is 15.4 Å². The molecule has 8 nitrogen and oxygen atoms in total. The van der Waals surface area contributed by atoms with Gasteiger partial charge in [-0.3, -0.25) is 4.68 Å². The van der Waals surface area contributed by atoms with Gasteiger partial charge >= 0.3 is 0 Å². The van der Waals surface area contributed by atoms with Gasteiger partial charge in [-0.1, -0.05) is 32.0 Å². The van der Waals surface area contributed by atoms with Crippen molar-refractivity contribution in [2.45, 2.75) is 39.8 Å². The Morgan fingerprint density at radius 1 is 1.23 bits per heavy atom. The highest BCUT2D eigenvalue weighted by Gasteiger charge is 2.25. The molecule has 1 unspecified atom stereocenters. The van der Waals surface area contributed by atoms with Gasteiger partial charge in [-0.2, -0.15) is 5.10 Å². The summed E-state index contributed by atoms with van der Waals surface area (Å²) in [6, 6.07) is 8.00. The summed E-state index contributed by atoms with van der Waals surface area (Å²) in [5.74, 6) is 1.50. The van der Waals surface area contributed by atoms with Gasteiger partial charge in [0, 0.05) is 37.5 Å².